The van der Waals surface area contributed by atoms with Gasteiger partial charge in [-0.15, -0.1) is 0 Å². The summed E-state index contributed by atoms with van der Waals surface area (Å²) >= 11 is 0. The largest absolute Gasteiger partial charge is 0.811 e. The molecule has 3 nitrogen and oxygen atoms in total. The smallest absolute Gasteiger partial charge is 0.0591 e. The molecule has 0 N–H and O–H groups in total. The fourth-order valence-electron chi connectivity index (χ4n) is 5.00. The van der Waals surface area contributed by atoms with E-state index in [0.29, 0.717) is 6.42 Å². The van der Waals surface area contributed by atoms with E-state index in [-0.39, 0.29) is 6.16 Å². The predicted molar refractivity (Wildman–Crippen MR) is 190 cm³/mol. The summed E-state index contributed by atoms with van der Waals surface area (Å²) in [5.41, 5.74) is 0. The van der Waals surface area contributed by atoms with Crippen LogP contribution < -0.4 is 9.79 Å². The van der Waals surface area contributed by atoms with Crippen LogP contribution in [0.4, 0.5) is 0 Å². The average molecular weight is 627 g/mol. The Labute approximate surface area is 256 Å². The van der Waals surface area contributed by atoms with Gasteiger partial charge in [0.25, 0.3) is 0 Å². The first-order chi connectivity index (χ1) is 18.9. The number of hydrogen-bond donors (Lipinski definition) is 0. The topological polar surface area (TPSA) is 63.2 Å². The molecule has 40 heavy (non-hydrogen) atoms. The SMILES string of the molecule is CCCCCCCCP(=O)([O-])[O-].CCCC[P+](C)(CCCC)CCCC.CCCC[P+](C)(CCCC)CCCC. The van der Waals surface area contributed by atoms with Gasteiger partial charge in [0.1, 0.15) is 0 Å². The van der Waals surface area contributed by atoms with Gasteiger partial charge in [-0.25, -0.2) is 0 Å². The Balaban J connectivity index is -0.000000515. The monoisotopic (exact) mass is 627 g/mol. The van der Waals surface area contributed by atoms with Crippen molar-refractivity contribution in [1.29, 1.82) is 0 Å². The third-order valence-corrected chi connectivity index (χ3v) is 17.3. The molecule has 0 fully saturated rings. The van der Waals surface area contributed by atoms with Gasteiger partial charge in [-0.1, -0.05) is 127 Å². The quantitative estimate of drug-likeness (QED) is 0.0748. The lowest BCUT2D eigenvalue weighted by Crippen LogP contribution is -2.16. The molecule has 0 saturated carbocycles. The zero-order valence-electron chi connectivity index (χ0n) is 29.2. The first kappa shape index (κ1) is 45.4. The maximum atomic E-state index is 10.2. The highest BCUT2D eigenvalue weighted by Gasteiger charge is 2.29. The van der Waals surface area contributed by atoms with Crippen molar-refractivity contribution in [2.24, 2.45) is 0 Å². The van der Waals surface area contributed by atoms with E-state index in [1.165, 1.54) is 89.9 Å². The summed E-state index contributed by atoms with van der Waals surface area (Å²) in [4.78, 5) is 20.4. The van der Waals surface area contributed by atoms with Gasteiger partial charge in [-0.05, 0) is 51.1 Å². The highest BCUT2D eigenvalue weighted by atomic mass is 31.2. The van der Waals surface area contributed by atoms with Crippen molar-refractivity contribution in [3.05, 3.63) is 0 Å². The van der Waals surface area contributed by atoms with Gasteiger partial charge in [0, 0.05) is 27.9 Å². The number of unbranched alkanes of at least 4 members (excludes halogenated alkanes) is 11. The van der Waals surface area contributed by atoms with E-state index in [4.69, 9.17) is 0 Å². The Morgan fingerprint density at radius 3 is 0.850 bits per heavy atom. The molecular formula is C34H77O3P3. The Morgan fingerprint density at radius 1 is 0.400 bits per heavy atom. The maximum absolute atomic E-state index is 10.2. The van der Waals surface area contributed by atoms with Crippen LogP contribution in [-0.4, -0.2) is 56.5 Å². The molecule has 0 atom stereocenters. The van der Waals surface area contributed by atoms with Crippen LogP contribution in [0.2, 0.25) is 0 Å². The molecule has 0 rings (SSSR count). The van der Waals surface area contributed by atoms with E-state index >= 15 is 0 Å². The summed E-state index contributed by atoms with van der Waals surface area (Å²) in [5, 5.41) is 0. The van der Waals surface area contributed by atoms with E-state index in [1.54, 1.807) is 37.0 Å². The van der Waals surface area contributed by atoms with E-state index in [1.807, 2.05) is 0 Å². The van der Waals surface area contributed by atoms with Crippen LogP contribution in [0.15, 0.2) is 0 Å². The van der Waals surface area contributed by atoms with E-state index in [2.05, 4.69) is 61.8 Å². The molecule has 0 aliphatic heterocycles. The predicted octanol–water partition coefficient (Wildman–Crippen LogP) is 11.3. The van der Waals surface area contributed by atoms with Gasteiger partial charge in [-0.3, -0.25) is 0 Å². The Kier molecular flexibility index (Phi) is 35.7. The molecule has 0 amide bonds. The van der Waals surface area contributed by atoms with Crippen molar-refractivity contribution in [3.8, 4) is 0 Å². The van der Waals surface area contributed by atoms with E-state index in [0.717, 1.165) is 19.3 Å². The van der Waals surface area contributed by atoms with Gasteiger partial charge >= 0.3 is 0 Å². The van der Waals surface area contributed by atoms with Crippen molar-refractivity contribution in [2.45, 2.75) is 164 Å². The Bertz CT molecular complexity index is 463. The van der Waals surface area contributed by atoms with E-state index in [9.17, 15) is 14.4 Å². The zero-order chi connectivity index (χ0) is 31.2. The number of hydrogen-bond acceptors (Lipinski definition) is 3. The molecule has 0 unspecified atom stereocenters. The zero-order valence-corrected chi connectivity index (χ0v) is 31.9. The summed E-state index contributed by atoms with van der Waals surface area (Å²) in [7, 11) is -5.26. The molecule has 0 radical (unpaired) electrons. The standard InChI is InChI=1S/2C13H30P.C8H19O3P/c2*1-5-8-11-14(4,12-9-6-2)13-10-7-3;1-2-3-4-5-6-7-8-12(9,10)11/h2*5-13H2,1-4H3;2-8H2,1H3,(H2,9,10,11)/q2*+1;/p-2. The number of rotatable bonds is 25. The normalized spacial score (nSPS) is 12.0. The van der Waals surface area contributed by atoms with Crippen LogP contribution in [0.3, 0.4) is 0 Å². The molecule has 0 aliphatic carbocycles. The minimum absolute atomic E-state index is 0.168. The van der Waals surface area contributed by atoms with Crippen LogP contribution >= 0.6 is 22.1 Å². The van der Waals surface area contributed by atoms with Crippen molar-refractivity contribution >= 4 is 22.1 Å². The van der Waals surface area contributed by atoms with Gasteiger partial charge in [0.05, 0.1) is 37.0 Å². The summed E-state index contributed by atoms with van der Waals surface area (Å²) in [6.45, 7) is 21.3. The molecule has 0 aliphatic rings. The highest BCUT2D eigenvalue weighted by molar-refractivity contribution is 7.75. The molecule has 0 bridgehead atoms. The van der Waals surface area contributed by atoms with Gasteiger partial charge in [-0.2, -0.15) is 0 Å². The lowest BCUT2D eigenvalue weighted by molar-refractivity contribution is -0.313. The summed E-state index contributed by atoms with van der Waals surface area (Å²) in [6.07, 6.45) is 32.3. The van der Waals surface area contributed by atoms with E-state index < -0.39 is 22.1 Å². The minimum Gasteiger partial charge on any atom is -0.811 e. The third kappa shape index (κ3) is 35.2. The highest BCUT2D eigenvalue weighted by Crippen LogP contribution is 2.57. The van der Waals surface area contributed by atoms with Crippen molar-refractivity contribution in [2.75, 3.05) is 56.5 Å². The van der Waals surface area contributed by atoms with Gasteiger partial charge in [0.15, 0.2) is 0 Å². The molecule has 0 heterocycles. The van der Waals surface area contributed by atoms with Crippen LogP contribution in [0, 0.1) is 0 Å². The lowest BCUT2D eigenvalue weighted by Gasteiger charge is -2.29. The average Bonchev–Trinajstić information content (AvgIpc) is 2.93. The Hall–Kier alpha value is 1.01. The summed E-state index contributed by atoms with van der Waals surface area (Å²) in [5.74, 6) is 0. The molecular weight excluding hydrogens is 549 g/mol. The first-order valence-corrected chi connectivity index (χ1v) is 24.9. The van der Waals surface area contributed by atoms with Crippen LogP contribution in [0.5, 0.6) is 0 Å². The molecule has 0 aromatic rings. The second kappa shape index (κ2) is 31.4. The fourth-order valence-corrected chi connectivity index (χ4v) is 13.4. The second-order valence-corrected chi connectivity index (χ2v) is 23.6. The van der Waals surface area contributed by atoms with Crippen LogP contribution in [0.1, 0.15) is 164 Å². The van der Waals surface area contributed by atoms with Crippen molar-refractivity contribution < 1.29 is 14.4 Å². The van der Waals surface area contributed by atoms with Crippen LogP contribution in [0.25, 0.3) is 0 Å². The first-order valence-electron chi connectivity index (χ1n) is 17.6. The van der Waals surface area contributed by atoms with Gasteiger partial charge < -0.3 is 14.4 Å². The van der Waals surface area contributed by atoms with Crippen molar-refractivity contribution in [3.63, 3.8) is 0 Å². The molecule has 0 spiro atoms. The fraction of sp³-hybridized carbons (Fsp3) is 1.00. The second-order valence-electron chi connectivity index (χ2n) is 12.8. The Morgan fingerprint density at radius 2 is 0.625 bits per heavy atom. The molecule has 0 aromatic carbocycles. The maximum Gasteiger partial charge on any atom is 0.0591 e. The third-order valence-electron chi connectivity index (χ3n) is 8.09. The lowest BCUT2D eigenvalue weighted by atomic mass is 10.1. The van der Waals surface area contributed by atoms with Crippen molar-refractivity contribution in [1.82, 2.24) is 0 Å². The van der Waals surface area contributed by atoms with Crippen LogP contribution in [-0.2, 0) is 4.57 Å². The minimum atomic E-state index is -4.22. The summed E-state index contributed by atoms with van der Waals surface area (Å²) < 4.78 is 10.2. The van der Waals surface area contributed by atoms with Gasteiger partial charge in [0.2, 0.25) is 0 Å². The molecule has 0 aromatic heterocycles. The molecule has 6 heteroatoms. The summed E-state index contributed by atoms with van der Waals surface area (Å²) in [6, 6.07) is 0. The molecule has 0 saturated heterocycles. The molecule has 246 valence electrons.